The normalized spacial score (nSPS) is 25.4. The molecule has 2 rings (SSSR count). The standard InChI is InChI=1S/C13H17F2N/c1-9-2-5-11(6-3-9)16-13-8-10(14)4-7-12(13)15/h4,7-9,11,16H,2-3,5-6H2,1H3. The van der Waals surface area contributed by atoms with Crippen LogP contribution in [-0.4, -0.2) is 6.04 Å². The summed E-state index contributed by atoms with van der Waals surface area (Å²) < 4.78 is 26.3. The van der Waals surface area contributed by atoms with Crippen molar-refractivity contribution in [3.05, 3.63) is 29.8 Å². The maximum Gasteiger partial charge on any atom is 0.146 e. The highest BCUT2D eigenvalue weighted by molar-refractivity contribution is 5.45. The molecule has 0 amide bonds. The summed E-state index contributed by atoms with van der Waals surface area (Å²) in [5, 5.41) is 3.10. The first-order chi connectivity index (χ1) is 7.65. The van der Waals surface area contributed by atoms with E-state index in [0.29, 0.717) is 5.69 Å². The van der Waals surface area contributed by atoms with Crippen molar-refractivity contribution in [2.45, 2.75) is 38.6 Å². The minimum absolute atomic E-state index is 0.285. The zero-order chi connectivity index (χ0) is 11.5. The maximum absolute atomic E-state index is 13.4. The van der Waals surface area contributed by atoms with E-state index >= 15 is 0 Å². The van der Waals surface area contributed by atoms with Crippen LogP contribution in [-0.2, 0) is 0 Å². The van der Waals surface area contributed by atoms with Gasteiger partial charge in [-0.2, -0.15) is 0 Å². The van der Waals surface area contributed by atoms with E-state index in [2.05, 4.69) is 12.2 Å². The van der Waals surface area contributed by atoms with Gasteiger partial charge in [0.2, 0.25) is 0 Å². The van der Waals surface area contributed by atoms with Crippen molar-refractivity contribution in [3.63, 3.8) is 0 Å². The molecule has 1 aliphatic rings. The van der Waals surface area contributed by atoms with Gasteiger partial charge < -0.3 is 5.32 Å². The highest BCUT2D eigenvalue weighted by Gasteiger charge is 2.18. The lowest BCUT2D eigenvalue weighted by Gasteiger charge is -2.27. The predicted molar refractivity (Wildman–Crippen MR) is 61.4 cm³/mol. The van der Waals surface area contributed by atoms with Crippen molar-refractivity contribution in [2.75, 3.05) is 5.32 Å². The molecule has 16 heavy (non-hydrogen) atoms. The monoisotopic (exact) mass is 225 g/mol. The summed E-state index contributed by atoms with van der Waals surface area (Å²) in [5.74, 6) is -0.0106. The van der Waals surface area contributed by atoms with Gasteiger partial charge in [0.05, 0.1) is 5.69 Å². The molecule has 1 aliphatic carbocycles. The van der Waals surface area contributed by atoms with Gasteiger partial charge in [-0.05, 0) is 49.8 Å². The highest BCUT2D eigenvalue weighted by Crippen LogP contribution is 2.27. The summed E-state index contributed by atoms with van der Waals surface area (Å²) >= 11 is 0. The SMILES string of the molecule is CC1CCC(Nc2cc(F)ccc2F)CC1. The Balaban J connectivity index is 2.00. The number of nitrogens with one attached hydrogen (secondary N) is 1. The Labute approximate surface area is 94.9 Å². The summed E-state index contributed by atoms with van der Waals surface area (Å²) in [6.45, 7) is 2.24. The van der Waals surface area contributed by atoms with E-state index < -0.39 is 5.82 Å². The first kappa shape index (κ1) is 11.4. The molecule has 1 fully saturated rings. The number of hydrogen-bond acceptors (Lipinski definition) is 1. The second kappa shape index (κ2) is 4.81. The average Bonchev–Trinajstić information content (AvgIpc) is 2.27. The molecule has 0 atom stereocenters. The minimum atomic E-state index is -0.395. The second-order valence-corrected chi connectivity index (χ2v) is 4.73. The minimum Gasteiger partial charge on any atom is -0.380 e. The molecule has 1 nitrogen and oxygen atoms in total. The molecule has 1 aromatic rings. The summed E-state index contributed by atoms with van der Waals surface area (Å²) in [7, 11) is 0. The molecule has 0 unspecified atom stereocenters. The van der Waals surface area contributed by atoms with Gasteiger partial charge in [0.25, 0.3) is 0 Å². The predicted octanol–water partition coefficient (Wildman–Crippen LogP) is 3.96. The van der Waals surface area contributed by atoms with Crippen LogP contribution >= 0.6 is 0 Å². The molecule has 1 N–H and O–H groups in total. The topological polar surface area (TPSA) is 12.0 Å². The van der Waals surface area contributed by atoms with Gasteiger partial charge in [-0.3, -0.25) is 0 Å². The Kier molecular flexibility index (Phi) is 3.42. The average molecular weight is 225 g/mol. The number of halogens is 2. The summed E-state index contributed by atoms with van der Waals surface area (Å²) in [5.41, 5.74) is 0.291. The molecule has 1 aromatic carbocycles. The molecule has 0 aromatic heterocycles. The third-order valence-corrected chi connectivity index (χ3v) is 3.30. The van der Waals surface area contributed by atoms with Gasteiger partial charge in [0.15, 0.2) is 0 Å². The fourth-order valence-electron chi connectivity index (χ4n) is 2.23. The van der Waals surface area contributed by atoms with Crippen molar-refractivity contribution < 1.29 is 8.78 Å². The zero-order valence-corrected chi connectivity index (χ0v) is 9.47. The largest absolute Gasteiger partial charge is 0.380 e. The third-order valence-electron chi connectivity index (χ3n) is 3.30. The van der Waals surface area contributed by atoms with E-state index in [4.69, 9.17) is 0 Å². The van der Waals surface area contributed by atoms with Gasteiger partial charge in [-0.1, -0.05) is 6.92 Å². The van der Waals surface area contributed by atoms with Gasteiger partial charge in [-0.25, -0.2) is 8.78 Å². The first-order valence-corrected chi connectivity index (χ1v) is 5.87. The summed E-state index contributed by atoms with van der Waals surface area (Å²) in [4.78, 5) is 0. The molecule has 0 radical (unpaired) electrons. The molecule has 88 valence electrons. The van der Waals surface area contributed by atoms with Crippen molar-refractivity contribution >= 4 is 5.69 Å². The van der Waals surface area contributed by atoms with Crippen LogP contribution in [0.1, 0.15) is 32.6 Å². The van der Waals surface area contributed by atoms with Crippen LogP contribution in [0.25, 0.3) is 0 Å². The Hall–Kier alpha value is -1.12. The molecule has 0 saturated heterocycles. The number of rotatable bonds is 2. The van der Waals surface area contributed by atoms with E-state index in [9.17, 15) is 8.78 Å². The van der Waals surface area contributed by atoms with E-state index in [1.165, 1.54) is 12.1 Å². The lowest BCUT2D eigenvalue weighted by atomic mass is 9.87. The molecule has 0 bridgehead atoms. The number of benzene rings is 1. The third kappa shape index (κ3) is 2.71. The lowest BCUT2D eigenvalue weighted by Crippen LogP contribution is -2.25. The Morgan fingerprint density at radius 3 is 2.50 bits per heavy atom. The van der Waals surface area contributed by atoms with E-state index in [1.807, 2.05) is 0 Å². The summed E-state index contributed by atoms with van der Waals surface area (Å²) in [6.07, 6.45) is 4.40. The molecule has 0 heterocycles. The van der Waals surface area contributed by atoms with Crippen LogP contribution in [0.4, 0.5) is 14.5 Å². The van der Waals surface area contributed by atoms with Crippen LogP contribution in [0.2, 0.25) is 0 Å². The van der Waals surface area contributed by atoms with Crippen molar-refractivity contribution in [1.82, 2.24) is 0 Å². The first-order valence-electron chi connectivity index (χ1n) is 5.87. The molecule has 3 heteroatoms. The zero-order valence-electron chi connectivity index (χ0n) is 9.47. The highest BCUT2D eigenvalue weighted by atomic mass is 19.1. The van der Waals surface area contributed by atoms with Crippen LogP contribution in [0.5, 0.6) is 0 Å². The van der Waals surface area contributed by atoms with E-state index in [0.717, 1.165) is 37.7 Å². The molecule has 0 spiro atoms. The Morgan fingerprint density at radius 2 is 1.81 bits per heavy atom. The number of hydrogen-bond donors (Lipinski definition) is 1. The fourth-order valence-corrected chi connectivity index (χ4v) is 2.23. The maximum atomic E-state index is 13.4. The van der Waals surface area contributed by atoms with E-state index in [-0.39, 0.29) is 11.9 Å². The smallest absolute Gasteiger partial charge is 0.146 e. The van der Waals surface area contributed by atoms with Crippen LogP contribution in [0.15, 0.2) is 18.2 Å². The molecular weight excluding hydrogens is 208 g/mol. The van der Waals surface area contributed by atoms with Crippen molar-refractivity contribution in [1.29, 1.82) is 0 Å². The fraction of sp³-hybridized carbons (Fsp3) is 0.538. The van der Waals surface area contributed by atoms with Gasteiger partial charge >= 0.3 is 0 Å². The Morgan fingerprint density at radius 1 is 1.12 bits per heavy atom. The van der Waals surface area contributed by atoms with Crippen LogP contribution in [0.3, 0.4) is 0 Å². The Bertz CT molecular complexity index is 357. The number of anilines is 1. The van der Waals surface area contributed by atoms with E-state index in [1.54, 1.807) is 0 Å². The van der Waals surface area contributed by atoms with Crippen molar-refractivity contribution in [3.8, 4) is 0 Å². The van der Waals surface area contributed by atoms with Gasteiger partial charge in [0, 0.05) is 6.04 Å². The van der Waals surface area contributed by atoms with Gasteiger partial charge in [0.1, 0.15) is 11.6 Å². The lowest BCUT2D eigenvalue weighted by molar-refractivity contribution is 0.360. The van der Waals surface area contributed by atoms with Gasteiger partial charge in [-0.15, -0.1) is 0 Å². The molecular formula is C13H17F2N. The molecule has 1 saturated carbocycles. The van der Waals surface area contributed by atoms with Crippen LogP contribution < -0.4 is 5.32 Å². The summed E-state index contributed by atoms with van der Waals surface area (Å²) in [6, 6.07) is 3.83. The van der Waals surface area contributed by atoms with Crippen molar-refractivity contribution in [2.24, 2.45) is 5.92 Å². The molecule has 0 aliphatic heterocycles. The van der Waals surface area contributed by atoms with Crippen LogP contribution in [0, 0.1) is 17.6 Å². The second-order valence-electron chi connectivity index (χ2n) is 4.73. The quantitative estimate of drug-likeness (QED) is 0.803.